The predicted octanol–water partition coefficient (Wildman–Crippen LogP) is 4.82. The molecule has 0 aliphatic carbocycles. The first-order valence-electron chi connectivity index (χ1n) is 5.38. The molecule has 1 unspecified atom stereocenters. The molecule has 2 aromatic rings. The van der Waals surface area contributed by atoms with Crippen LogP contribution in [0.1, 0.15) is 20.8 Å². The average molecular weight is 330 g/mol. The lowest BCUT2D eigenvalue weighted by Gasteiger charge is -2.13. The fourth-order valence-corrected chi connectivity index (χ4v) is 3.86. The number of thiophene rings is 1. The Morgan fingerprint density at radius 1 is 1.41 bits per heavy atom. The van der Waals surface area contributed by atoms with E-state index in [-0.39, 0.29) is 4.83 Å². The molecule has 3 rings (SSSR count). The summed E-state index contributed by atoms with van der Waals surface area (Å²) in [6, 6.07) is 8.17. The number of rotatable bonds is 2. The molecular weight excluding hydrogens is 320 g/mol. The zero-order chi connectivity index (χ0) is 11.8. The van der Waals surface area contributed by atoms with Gasteiger partial charge in [0, 0.05) is 21.9 Å². The first kappa shape index (κ1) is 11.6. The molecule has 0 spiro atoms. The number of hydrogen-bond donors (Lipinski definition) is 0. The Morgan fingerprint density at radius 2 is 2.29 bits per heavy atom. The van der Waals surface area contributed by atoms with E-state index in [1.807, 2.05) is 12.1 Å². The molecule has 4 heteroatoms. The Kier molecular flexibility index (Phi) is 3.16. The molecule has 17 heavy (non-hydrogen) atoms. The number of benzene rings is 1. The highest BCUT2D eigenvalue weighted by molar-refractivity contribution is 9.09. The van der Waals surface area contributed by atoms with Crippen molar-refractivity contribution in [2.24, 2.45) is 0 Å². The number of halogens is 2. The lowest BCUT2D eigenvalue weighted by molar-refractivity contribution is 0.354. The summed E-state index contributed by atoms with van der Waals surface area (Å²) in [5, 5.41) is 2.86. The standard InChI is InChI=1S/C13H10BrClOS/c14-12(11-2-1-5-17-11)10-7-9(15)6-8-3-4-16-13(8)10/h1-2,5-7,12H,3-4H2. The van der Waals surface area contributed by atoms with Crippen molar-refractivity contribution in [1.82, 2.24) is 0 Å². The van der Waals surface area contributed by atoms with Gasteiger partial charge >= 0.3 is 0 Å². The summed E-state index contributed by atoms with van der Waals surface area (Å²) in [5.41, 5.74) is 2.35. The molecule has 1 aromatic heterocycles. The van der Waals surface area contributed by atoms with E-state index >= 15 is 0 Å². The van der Waals surface area contributed by atoms with Crippen molar-refractivity contribution in [3.8, 4) is 5.75 Å². The van der Waals surface area contributed by atoms with E-state index in [1.165, 1.54) is 10.4 Å². The predicted molar refractivity (Wildman–Crippen MR) is 75.7 cm³/mol. The van der Waals surface area contributed by atoms with Gasteiger partial charge in [0.05, 0.1) is 11.4 Å². The van der Waals surface area contributed by atoms with Crippen LogP contribution in [0, 0.1) is 0 Å². The second-order valence-electron chi connectivity index (χ2n) is 3.96. The summed E-state index contributed by atoms with van der Waals surface area (Å²) in [6.45, 7) is 0.757. The minimum atomic E-state index is 0.160. The van der Waals surface area contributed by atoms with Gasteiger partial charge in [-0.15, -0.1) is 11.3 Å². The molecule has 0 radical (unpaired) electrons. The highest BCUT2D eigenvalue weighted by atomic mass is 79.9. The van der Waals surface area contributed by atoms with Crippen molar-refractivity contribution in [2.75, 3.05) is 6.61 Å². The van der Waals surface area contributed by atoms with Crippen molar-refractivity contribution in [3.63, 3.8) is 0 Å². The molecule has 0 saturated heterocycles. The van der Waals surface area contributed by atoms with Crippen molar-refractivity contribution < 1.29 is 4.74 Å². The monoisotopic (exact) mass is 328 g/mol. The molecule has 88 valence electrons. The Bertz CT molecular complexity index is 539. The van der Waals surface area contributed by atoms with E-state index in [1.54, 1.807) is 11.3 Å². The van der Waals surface area contributed by atoms with Gasteiger partial charge in [-0.05, 0) is 29.1 Å². The van der Waals surface area contributed by atoms with Gasteiger partial charge in [-0.25, -0.2) is 0 Å². The Labute approximate surface area is 118 Å². The molecule has 1 aliphatic rings. The molecule has 0 amide bonds. The highest BCUT2D eigenvalue weighted by Crippen LogP contribution is 2.43. The normalized spacial score (nSPS) is 15.4. The molecule has 0 N–H and O–H groups in total. The van der Waals surface area contributed by atoms with Crippen LogP contribution in [0.25, 0.3) is 0 Å². The molecule has 1 aliphatic heterocycles. The van der Waals surface area contributed by atoms with E-state index in [4.69, 9.17) is 16.3 Å². The SMILES string of the molecule is Clc1cc2c(c(C(Br)c3cccs3)c1)OCC2. The van der Waals surface area contributed by atoms with Crippen LogP contribution in [0.3, 0.4) is 0 Å². The second-order valence-corrected chi connectivity index (χ2v) is 6.29. The van der Waals surface area contributed by atoms with Crippen LogP contribution >= 0.6 is 38.9 Å². The lowest BCUT2D eigenvalue weighted by atomic mass is 10.0. The van der Waals surface area contributed by atoms with E-state index < -0.39 is 0 Å². The zero-order valence-electron chi connectivity index (χ0n) is 8.95. The van der Waals surface area contributed by atoms with Gasteiger partial charge in [0.1, 0.15) is 5.75 Å². The molecule has 1 nitrogen and oxygen atoms in total. The largest absolute Gasteiger partial charge is 0.493 e. The molecule has 1 atom stereocenters. The third kappa shape index (κ3) is 2.12. The maximum atomic E-state index is 6.16. The number of hydrogen-bond acceptors (Lipinski definition) is 2. The van der Waals surface area contributed by atoms with Crippen molar-refractivity contribution in [1.29, 1.82) is 0 Å². The van der Waals surface area contributed by atoms with E-state index in [0.29, 0.717) is 0 Å². The van der Waals surface area contributed by atoms with E-state index in [0.717, 1.165) is 29.4 Å². The summed E-state index contributed by atoms with van der Waals surface area (Å²) < 4.78 is 5.72. The summed E-state index contributed by atoms with van der Waals surface area (Å²) in [4.78, 5) is 1.43. The van der Waals surface area contributed by atoms with Crippen LogP contribution in [0.5, 0.6) is 5.75 Å². The molecule has 0 saturated carbocycles. The maximum absolute atomic E-state index is 6.16. The van der Waals surface area contributed by atoms with Crippen LogP contribution in [-0.2, 0) is 6.42 Å². The topological polar surface area (TPSA) is 9.23 Å². The van der Waals surface area contributed by atoms with Crippen LogP contribution in [-0.4, -0.2) is 6.61 Å². The number of fused-ring (bicyclic) bond motifs is 1. The van der Waals surface area contributed by atoms with Gasteiger partial charge in [0.25, 0.3) is 0 Å². The van der Waals surface area contributed by atoms with E-state index in [2.05, 4.69) is 33.4 Å². The summed E-state index contributed by atoms with van der Waals surface area (Å²) in [5.74, 6) is 1.00. The lowest BCUT2D eigenvalue weighted by Crippen LogP contribution is -1.95. The third-order valence-electron chi connectivity index (χ3n) is 2.84. The molecule has 0 fully saturated rings. The van der Waals surface area contributed by atoms with Crippen LogP contribution < -0.4 is 4.74 Å². The third-order valence-corrected chi connectivity index (χ3v) is 5.29. The number of ether oxygens (including phenoxy) is 1. The summed E-state index contributed by atoms with van der Waals surface area (Å²) >= 11 is 11.6. The Morgan fingerprint density at radius 3 is 3.06 bits per heavy atom. The van der Waals surface area contributed by atoms with Gasteiger partial charge in [-0.1, -0.05) is 33.6 Å². The zero-order valence-corrected chi connectivity index (χ0v) is 12.1. The van der Waals surface area contributed by atoms with Crippen molar-refractivity contribution >= 4 is 38.9 Å². The summed E-state index contributed by atoms with van der Waals surface area (Å²) in [7, 11) is 0. The average Bonchev–Trinajstić information content (AvgIpc) is 2.97. The van der Waals surface area contributed by atoms with Gasteiger partial charge < -0.3 is 4.74 Å². The second kappa shape index (κ2) is 4.63. The van der Waals surface area contributed by atoms with Crippen molar-refractivity contribution in [3.05, 3.63) is 50.7 Å². The van der Waals surface area contributed by atoms with Gasteiger partial charge in [-0.2, -0.15) is 0 Å². The molecule has 1 aromatic carbocycles. The molecular formula is C13H10BrClOS. The van der Waals surface area contributed by atoms with Crippen LogP contribution in [0.2, 0.25) is 5.02 Å². The smallest absolute Gasteiger partial charge is 0.127 e. The Hall–Kier alpha value is -0.510. The minimum absolute atomic E-state index is 0.160. The maximum Gasteiger partial charge on any atom is 0.127 e. The fourth-order valence-electron chi connectivity index (χ4n) is 2.07. The van der Waals surface area contributed by atoms with Crippen LogP contribution in [0.4, 0.5) is 0 Å². The quantitative estimate of drug-likeness (QED) is 0.718. The Balaban J connectivity index is 2.09. The minimum Gasteiger partial charge on any atom is -0.493 e. The first-order valence-corrected chi connectivity index (χ1v) is 7.55. The molecule has 2 heterocycles. The van der Waals surface area contributed by atoms with Crippen molar-refractivity contribution in [2.45, 2.75) is 11.2 Å². The van der Waals surface area contributed by atoms with E-state index in [9.17, 15) is 0 Å². The fraction of sp³-hybridized carbons (Fsp3) is 0.231. The summed E-state index contributed by atoms with van der Waals surface area (Å²) in [6.07, 6.45) is 0.951. The highest BCUT2D eigenvalue weighted by Gasteiger charge is 2.23. The van der Waals surface area contributed by atoms with Gasteiger partial charge in [0.2, 0.25) is 0 Å². The molecule has 0 bridgehead atoms. The van der Waals surface area contributed by atoms with Gasteiger partial charge in [0.15, 0.2) is 0 Å². The first-order chi connectivity index (χ1) is 8.25. The van der Waals surface area contributed by atoms with Gasteiger partial charge in [-0.3, -0.25) is 0 Å². The van der Waals surface area contributed by atoms with Crippen LogP contribution in [0.15, 0.2) is 29.6 Å². The number of alkyl halides is 1.